The van der Waals surface area contributed by atoms with Gasteiger partial charge in [0.05, 0.1) is 144 Å². The molecule has 0 aliphatic heterocycles. The predicted molar refractivity (Wildman–Crippen MR) is 165 cm³/mol. The standard InChI is InChI=1S/C30H51NO16/c32-30(33)27-46-24-23-44-20-19-42-16-15-40-12-11-38-8-7-36-5-6-37-9-10-39-13-14-41-17-18-43-21-22-45-25-26-47-29-3-1-28(2-4-29)31(34)35/h1-4H,5-27H2,(H,32,33). The summed E-state index contributed by atoms with van der Waals surface area (Å²) in [4.78, 5) is 20.4. The third-order valence-electron chi connectivity index (χ3n) is 5.49. The van der Waals surface area contributed by atoms with Crippen LogP contribution in [0, 0.1) is 10.1 Å². The van der Waals surface area contributed by atoms with Gasteiger partial charge in [-0.05, 0) is 12.1 Å². The number of hydrogen-bond donors (Lipinski definition) is 1. The van der Waals surface area contributed by atoms with Gasteiger partial charge in [-0.1, -0.05) is 0 Å². The maximum atomic E-state index is 10.6. The van der Waals surface area contributed by atoms with E-state index in [0.29, 0.717) is 144 Å². The zero-order chi connectivity index (χ0) is 33.9. The first kappa shape index (κ1) is 42.5. The molecule has 0 unspecified atom stereocenters. The molecule has 0 amide bonds. The van der Waals surface area contributed by atoms with E-state index in [-0.39, 0.29) is 18.9 Å². The molecule has 17 nitrogen and oxygen atoms in total. The summed E-state index contributed by atoms with van der Waals surface area (Å²) in [7, 11) is 0. The van der Waals surface area contributed by atoms with Crippen molar-refractivity contribution in [2.45, 2.75) is 0 Å². The second-order valence-corrected chi connectivity index (χ2v) is 9.17. The fourth-order valence-corrected chi connectivity index (χ4v) is 3.24. The Morgan fingerprint density at radius 2 is 0.723 bits per heavy atom. The number of benzene rings is 1. The maximum absolute atomic E-state index is 10.6. The number of carboxylic acid groups (broad SMARTS) is 1. The fraction of sp³-hybridized carbons (Fsp3) is 0.767. The third kappa shape index (κ3) is 30.5. The smallest absolute Gasteiger partial charge is 0.329 e. The number of carbonyl (C=O) groups is 1. The Morgan fingerprint density at radius 3 is 0.979 bits per heavy atom. The van der Waals surface area contributed by atoms with E-state index in [9.17, 15) is 14.9 Å². The van der Waals surface area contributed by atoms with E-state index >= 15 is 0 Å². The van der Waals surface area contributed by atoms with Crippen molar-refractivity contribution in [2.75, 3.05) is 152 Å². The lowest BCUT2D eigenvalue weighted by Gasteiger charge is -2.09. The molecule has 0 saturated heterocycles. The van der Waals surface area contributed by atoms with Crippen molar-refractivity contribution in [3.63, 3.8) is 0 Å². The summed E-state index contributed by atoms with van der Waals surface area (Å²) < 4.78 is 64.4. The van der Waals surface area contributed by atoms with Crippen LogP contribution in [0.3, 0.4) is 0 Å². The van der Waals surface area contributed by atoms with Gasteiger partial charge in [-0.2, -0.15) is 0 Å². The Hall–Kier alpha value is -2.55. The summed E-state index contributed by atoms with van der Waals surface area (Å²) in [6.07, 6.45) is 0. The molecule has 0 aromatic heterocycles. The van der Waals surface area contributed by atoms with Crippen LogP contribution in [0.4, 0.5) is 5.69 Å². The van der Waals surface area contributed by atoms with E-state index in [1.165, 1.54) is 12.1 Å². The quantitative estimate of drug-likeness (QED) is 0.0599. The number of aliphatic carboxylic acids is 1. The van der Waals surface area contributed by atoms with E-state index in [1.807, 2.05) is 0 Å². The minimum atomic E-state index is -1.00. The van der Waals surface area contributed by atoms with Crippen LogP contribution >= 0.6 is 0 Å². The molecule has 0 saturated carbocycles. The molecule has 0 spiro atoms. The Balaban J connectivity index is 1.65. The van der Waals surface area contributed by atoms with E-state index in [1.54, 1.807) is 12.1 Å². The van der Waals surface area contributed by atoms with Crippen molar-refractivity contribution in [3.05, 3.63) is 34.4 Å². The number of nitro groups is 1. The van der Waals surface area contributed by atoms with Crippen LogP contribution in [0.25, 0.3) is 0 Å². The van der Waals surface area contributed by atoms with E-state index in [0.717, 1.165) is 0 Å². The van der Waals surface area contributed by atoms with Crippen LogP contribution in [0.2, 0.25) is 0 Å². The lowest BCUT2D eigenvalue weighted by Crippen LogP contribution is -2.15. The summed E-state index contributed by atoms with van der Waals surface area (Å²) in [5.74, 6) is -0.452. The molecule has 1 rings (SSSR count). The molecule has 1 aromatic carbocycles. The highest BCUT2D eigenvalue weighted by Gasteiger charge is 2.04. The molecule has 0 aliphatic carbocycles. The van der Waals surface area contributed by atoms with Crippen molar-refractivity contribution in [2.24, 2.45) is 0 Å². The largest absolute Gasteiger partial charge is 0.491 e. The van der Waals surface area contributed by atoms with Gasteiger partial charge in [0, 0.05) is 12.1 Å². The zero-order valence-electron chi connectivity index (χ0n) is 27.1. The molecule has 0 heterocycles. The van der Waals surface area contributed by atoms with Gasteiger partial charge in [0.2, 0.25) is 0 Å². The number of ether oxygens (including phenoxy) is 12. The van der Waals surface area contributed by atoms with Gasteiger partial charge < -0.3 is 61.9 Å². The minimum Gasteiger partial charge on any atom is -0.491 e. The van der Waals surface area contributed by atoms with Gasteiger partial charge in [0.25, 0.3) is 5.69 Å². The van der Waals surface area contributed by atoms with Crippen molar-refractivity contribution in [1.29, 1.82) is 0 Å². The predicted octanol–water partition coefficient (Wildman–Crippen LogP) is 1.24. The number of hydrogen-bond acceptors (Lipinski definition) is 15. The summed E-state index contributed by atoms with van der Waals surface area (Å²) in [6.45, 7) is 9.17. The Morgan fingerprint density at radius 1 is 0.468 bits per heavy atom. The number of non-ortho nitro benzene ring substituents is 1. The zero-order valence-corrected chi connectivity index (χ0v) is 27.1. The first-order chi connectivity index (χ1) is 23.1. The number of carboxylic acids is 1. The fourth-order valence-electron chi connectivity index (χ4n) is 3.24. The highest BCUT2D eigenvalue weighted by molar-refractivity contribution is 5.67. The van der Waals surface area contributed by atoms with Crippen LogP contribution in [0.15, 0.2) is 24.3 Å². The van der Waals surface area contributed by atoms with Gasteiger partial charge in [-0.25, -0.2) is 4.79 Å². The topological polar surface area (TPSA) is 191 Å². The molecule has 47 heavy (non-hydrogen) atoms. The molecule has 0 atom stereocenters. The van der Waals surface area contributed by atoms with Gasteiger partial charge >= 0.3 is 5.97 Å². The monoisotopic (exact) mass is 681 g/mol. The van der Waals surface area contributed by atoms with Crippen molar-refractivity contribution >= 4 is 11.7 Å². The summed E-state index contributed by atoms with van der Waals surface area (Å²) in [5, 5.41) is 19.0. The third-order valence-corrected chi connectivity index (χ3v) is 5.49. The molecule has 272 valence electrons. The maximum Gasteiger partial charge on any atom is 0.329 e. The highest BCUT2D eigenvalue weighted by Crippen LogP contribution is 2.17. The Labute approximate surface area is 275 Å². The van der Waals surface area contributed by atoms with Crippen molar-refractivity contribution < 1.29 is 71.7 Å². The molecule has 1 N–H and O–H groups in total. The molecule has 0 radical (unpaired) electrons. The molecule has 17 heteroatoms. The number of rotatable bonds is 37. The van der Waals surface area contributed by atoms with Crippen LogP contribution < -0.4 is 4.74 Å². The highest BCUT2D eigenvalue weighted by atomic mass is 16.6. The second kappa shape index (κ2) is 33.4. The summed E-state index contributed by atoms with van der Waals surface area (Å²) >= 11 is 0. The van der Waals surface area contributed by atoms with Crippen molar-refractivity contribution in [3.8, 4) is 5.75 Å². The molecule has 0 bridgehead atoms. The van der Waals surface area contributed by atoms with Gasteiger partial charge in [-0.3, -0.25) is 10.1 Å². The average molecular weight is 682 g/mol. The number of nitrogens with zero attached hydrogens (tertiary/aromatic N) is 1. The van der Waals surface area contributed by atoms with E-state index in [4.69, 9.17) is 61.9 Å². The van der Waals surface area contributed by atoms with Crippen LogP contribution in [-0.4, -0.2) is 168 Å². The lowest BCUT2D eigenvalue weighted by atomic mass is 10.3. The molecule has 1 aromatic rings. The molecular weight excluding hydrogens is 630 g/mol. The molecule has 0 fully saturated rings. The molecule has 0 aliphatic rings. The van der Waals surface area contributed by atoms with Gasteiger partial charge in [0.15, 0.2) is 0 Å². The summed E-state index contributed by atoms with van der Waals surface area (Å²) in [5.41, 5.74) is 0.0203. The second-order valence-electron chi connectivity index (χ2n) is 9.17. The van der Waals surface area contributed by atoms with Crippen LogP contribution in [0.5, 0.6) is 5.75 Å². The number of nitro benzene ring substituents is 1. The van der Waals surface area contributed by atoms with E-state index < -0.39 is 10.9 Å². The first-order valence-electron chi connectivity index (χ1n) is 15.5. The summed E-state index contributed by atoms with van der Waals surface area (Å²) in [6, 6.07) is 5.89. The molecular formula is C30H51NO16. The van der Waals surface area contributed by atoms with Crippen molar-refractivity contribution in [1.82, 2.24) is 0 Å². The normalized spacial score (nSPS) is 11.2. The van der Waals surface area contributed by atoms with Gasteiger partial charge in [-0.15, -0.1) is 0 Å². The van der Waals surface area contributed by atoms with E-state index in [2.05, 4.69) is 0 Å². The van der Waals surface area contributed by atoms with Crippen LogP contribution in [-0.2, 0) is 56.9 Å². The van der Waals surface area contributed by atoms with Crippen LogP contribution in [0.1, 0.15) is 0 Å². The Kier molecular flexibility index (Phi) is 30.1. The minimum absolute atomic E-state index is 0.0203. The first-order valence-corrected chi connectivity index (χ1v) is 15.5. The lowest BCUT2D eigenvalue weighted by molar-refractivity contribution is -0.384. The Bertz CT molecular complexity index is 848. The SMILES string of the molecule is O=C(O)COCCOCCOCCOCCOCCOCCOCCOCCOCCOCCOCCOc1ccc([N+](=O)[O-])cc1. The average Bonchev–Trinajstić information content (AvgIpc) is 3.06. The van der Waals surface area contributed by atoms with Gasteiger partial charge in [0.1, 0.15) is 19.0 Å².